The molecule has 1 aromatic carbocycles. The zero-order valence-electron chi connectivity index (χ0n) is 11.3. The van der Waals surface area contributed by atoms with Crippen molar-refractivity contribution in [1.82, 2.24) is 4.98 Å². The molecule has 3 nitrogen and oxygen atoms in total. The van der Waals surface area contributed by atoms with Crippen LogP contribution >= 0.6 is 0 Å². The van der Waals surface area contributed by atoms with Gasteiger partial charge in [0.1, 0.15) is 5.82 Å². The summed E-state index contributed by atoms with van der Waals surface area (Å²) in [5, 5.41) is 10.6. The van der Waals surface area contributed by atoms with Gasteiger partial charge in [-0.3, -0.25) is 0 Å². The van der Waals surface area contributed by atoms with E-state index >= 15 is 0 Å². The Hall–Kier alpha value is -1.61. The first-order valence-electron chi connectivity index (χ1n) is 7.02. The molecule has 1 N–H and O–H groups in total. The van der Waals surface area contributed by atoms with Crippen LogP contribution < -0.4 is 4.90 Å². The Balaban J connectivity index is 2.03. The zero-order chi connectivity index (χ0) is 13.2. The predicted octanol–water partition coefficient (Wildman–Crippen LogP) is 3.11. The Morgan fingerprint density at radius 3 is 2.74 bits per heavy atom. The van der Waals surface area contributed by atoms with Gasteiger partial charge in [-0.1, -0.05) is 31.0 Å². The van der Waals surface area contributed by atoms with E-state index in [-0.39, 0.29) is 6.61 Å². The summed E-state index contributed by atoms with van der Waals surface area (Å²) < 4.78 is 0. The van der Waals surface area contributed by atoms with Gasteiger partial charge in [-0.05, 0) is 30.5 Å². The Morgan fingerprint density at radius 2 is 2.00 bits per heavy atom. The van der Waals surface area contributed by atoms with Crippen LogP contribution in [0.3, 0.4) is 0 Å². The summed E-state index contributed by atoms with van der Waals surface area (Å²) in [6, 6.07) is 10.6. The first-order chi connectivity index (χ1) is 9.29. The summed E-state index contributed by atoms with van der Waals surface area (Å²) in [5.41, 5.74) is 1.93. The highest BCUT2D eigenvalue weighted by Gasteiger charge is 2.21. The second-order valence-corrected chi connectivity index (χ2v) is 5.36. The second-order valence-electron chi connectivity index (χ2n) is 5.36. The van der Waals surface area contributed by atoms with Crippen molar-refractivity contribution in [2.75, 3.05) is 11.9 Å². The van der Waals surface area contributed by atoms with Crippen LogP contribution in [0.15, 0.2) is 30.3 Å². The quantitative estimate of drug-likeness (QED) is 0.916. The third-order valence-corrected chi connectivity index (χ3v) is 4.19. The Morgan fingerprint density at radius 1 is 1.26 bits per heavy atom. The van der Waals surface area contributed by atoms with Gasteiger partial charge in [0.2, 0.25) is 0 Å². The van der Waals surface area contributed by atoms with Crippen molar-refractivity contribution in [3.8, 4) is 0 Å². The summed E-state index contributed by atoms with van der Waals surface area (Å²) in [5.74, 6) is 0.981. The molecular weight excluding hydrogens is 236 g/mol. The van der Waals surface area contributed by atoms with E-state index in [0.29, 0.717) is 6.04 Å². The summed E-state index contributed by atoms with van der Waals surface area (Å²) >= 11 is 0. The van der Waals surface area contributed by atoms with Gasteiger partial charge in [0.05, 0.1) is 12.1 Å². The second kappa shape index (κ2) is 5.17. The average Bonchev–Trinajstić information content (AvgIpc) is 2.99. The van der Waals surface area contributed by atoms with Gasteiger partial charge in [0, 0.05) is 18.5 Å². The zero-order valence-corrected chi connectivity index (χ0v) is 11.3. The molecule has 0 aliphatic heterocycles. The largest absolute Gasteiger partial charge is 0.392 e. The lowest BCUT2D eigenvalue weighted by molar-refractivity contribution is 0.283. The number of hydrogen-bond acceptors (Lipinski definition) is 3. The number of pyridine rings is 1. The maximum absolute atomic E-state index is 9.56. The molecule has 1 saturated carbocycles. The first-order valence-corrected chi connectivity index (χ1v) is 7.02. The highest BCUT2D eigenvalue weighted by Crippen LogP contribution is 2.28. The van der Waals surface area contributed by atoms with Crippen LogP contribution in [0, 0.1) is 0 Å². The van der Waals surface area contributed by atoms with E-state index < -0.39 is 0 Å². The van der Waals surface area contributed by atoms with E-state index in [1.165, 1.54) is 25.7 Å². The molecule has 1 aliphatic rings. The molecule has 3 heteroatoms. The maximum Gasteiger partial charge on any atom is 0.129 e. The Kier molecular flexibility index (Phi) is 3.38. The summed E-state index contributed by atoms with van der Waals surface area (Å²) in [6.45, 7) is 0.0640. The highest BCUT2D eigenvalue weighted by atomic mass is 16.3. The molecule has 0 amide bonds. The highest BCUT2D eigenvalue weighted by molar-refractivity contribution is 5.84. The van der Waals surface area contributed by atoms with Crippen molar-refractivity contribution in [3.63, 3.8) is 0 Å². The van der Waals surface area contributed by atoms with Gasteiger partial charge in [-0.25, -0.2) is 4.98 Å². The molecule has 0 bridgehead atoms. The van der Waals surface area contributed by atoms with Crippen molar-refractivity contribution in [1.29, 1.82) is 0 Å². The number of nitrogens with zero attached hydrogens (tertiary/aromatic N) is 2. The lowest BCUT2D eigenvalue weighted by Gasteiger charge is -2.26. The summed E-state index contributed by atoms with van der Waals surface area (Å²) in [6.07, 6.45) is 5.13. The van der Waals surface area contributed by atoms with Gasteiger partial charge in [0.25, 0.3) is 0 Å². The van der Waals surface area contributed by atoms with E-state index in [1.54, 1.807) is 0 Å². The Labute approximate surface area is 113 Å². The number of fused-ring (bicyclic) bond motifs is 1. The fraction of sp³-hybridized carbons (Fsp3) is 0.438. The number of rotatable bonds is 3. The van der Waals surface area contributed by atoms with Gasteiger partial charge in [-0.15, -0.1) is 0 Å². The van der Waals surface area contributed by atoms with Crippen LogP contribution in [0.25, 0.3) is 10.9 Å². The molecular formula is C16H20N2O. The normalized spacial score (nSPS) is 16.1. The molecule has 1 fully saturated rings. The van der Waals surface area contributed by atoms with Gasteiger partial charge < -0.3 is 10.0 Å². The van der Waals surface area contributed by atoms with Gasteiger partial charge in [0.15, 0.2) is 0 Å². The summed E-state index contributed by atoms with van der Waals surface area (Å²) in [7, 11) is 2.12. The number of hydrogen-bond donors (Lipinski definition) is 1. The minimum atomic E-state index is 0.0640. The third kappa shape index (κ3) is 2.30. The molecule has 100 valence electrons. The van der Waals surface area contributed by atoms with Gasteiger partial charge in [-0.2, -0.15) is 0 Å². The van der Waals surface area contributed by atoms with Crippen molar-refractivity contribution < 1.29 is 5.11 Å². The molecule has 1 aromatic heterocycles. The molecule has 0 atom stereocenters. The molecule has 1 heterocycles. The number of benzene rings is 1. The fourth-order valence-corrected chi connectivity index (χ4v) is 3.02. The molecule has 0 radical (unpaired) electrons. The van der Waals surface area contributed by atoms with Crippen molar-refractivity contribution in [2.45, 2.75) is 38.3 Å². The molecule has 19 heavy (non-hydrogen) atoms. The molecule has 0 spiro atoms. The minimum absolute atomic E-state index is 0.0640. The average molecular weight is 256 g/mol. The van der Waals surface area contributed by atoms with E-state index in [9.17, 15) is 5.11 Å². The van der Waals surface area contributed by atoms with E-state index in [1.807, 2.05) is 30.3 Å². The topological polar surface area (TPSA) is 36.4 Å². The van der Waals surface area contributed by atoms with E-state index in [4.69, 9.17) is 4.98 Å². The minimum Gasteiger partial charge on any atom is -0.392 e. The van der Waals surface area contributed by atoms with Crippen LogP contribution in [0.5, 0.6) is 0 Å². The molecule has 3 rings (SSSR count). The van der Waals surface area contributed by atoms with Crippen LogP contribution in [0.1, 0.15) is 31.2 Å². The number of aromatic nitrogens is 1. The SMILES string of the molecule is CN(c1cc(CO)c2ccccc2n1)C1CCCC1. The van der Waals surface area contributed by atoms with Crippen LogP contribution in [0.4, 0.5) is 5.82 Å². The fourth-order valence-electron chi connectivity index (χ4n) is 3.02. The van der Waals surface area contributed by atoms with E-state index in [2.05, 4.69) is 11.9 Å². The van der Waals surface area contributed by atoms with Crippen LogP contribution in [0.2, 0.25) is 0 Å². The monoisotopic (exact) mass is 256 g/mol. The molecule has 2 aromatic rings. The summed E-state index contributed by atoms with van der Waals surface area (Å²) in [4.78, 5) is 7.02. The number of para-hydroxylation sites is 1. The molecule has 1 aliphatic carbocycles. The van der Waals surface area contributed by atoms with Crippen molar-refractivity contribution >= 4 is 16.7 Å². The van der Waals surface area contributed by atoms with E-state index in [0.717, 1.165) is 22.3 Å². The third-order valence-electron chi connectivity index (χ3n) is 4.19. The molecule has 0 unspecified atom stereocenters. The lowest BCUT2D eigenvalue weighted by atomic mass is 10.1. The van der Waals surface area contributed by atoms with Crippen molar-refractivity contribution in [2.24, 2.45) is 0 Å². The standard InChI is InChI=1S/C16H20N2O/c1-18(13-6-2-3-7-13)16-10-12(11-19)14-8-4-5-9-15(14)17-16/h4-5,8-10,13,19H,2-3,6-7,11H2,1H3. The van der Waals surface area contributed by atoms with Crippen molar-refractivity contribution in [3.05, 3.63) is 35.9 Å². The van der Waals surface area contributed by atoms with Gasteiger partial charge >= 0.3 is 0 Å². The predicted molar refractivity (Wildman–Crippen MR) is 78.3 cm³/mol. The van der Waals surface area contributed by atoms with Crippen LogP contribution in [-0.2, 0) is 6.61 Å². The first kappa shape index (κ1) is 12.4. The lowest BCUT2D eigenvalue weighted by Crippen LogP contribution is -2.29. The Bertz CT molecular complexity index is 576. The number of anilines is 1. The van der Waals surface area contributed by atoms with Crippen LogP contribution in [-0.4, -0.2) is 23.2 Å². The smallest absolute Gasteiger partial charge is 0.129 e. The number of aliphatic hydroxyl groups is 1. The molecule has 0 saturated heterocycles. The maximum atomic E-state index is 9.56. The number of aliphatic hydroxyl groups excluding tert-OH is 1.